The molecule has 13 heavy (non-hydrogen) atoms. The molecule has 0 aromatic heterocycles. The van der Waals surface area contributed by atoms with Crippen molar-refractivity contribution in [3.63, 3.8) is 0 Å². The summed E-state index contributed by atoms with van der Waals surface area (Å²) in [4.78, 5) is 0. The van der Waals surface area contributed by atoms with E-state index in [1.807, 2.05) is 36.0 Å². The molecule has 0 heterocycles. The van der Waals surface area contributed by atoms with Crippen molar-refractivity contribution >= 4 is 11.8 Å². The standard InChI is InChI=1S/C11H12NS/c1-9(2)13-8-11-5-3-10(7-12)4-6-11/h3-6H,8H2,1-2H3. The molecule has 0 unspecified atom stereocenters. The molecule has 1 rings (SSSR count). The van der Waals surface area contributed by atoms with Crippen LogP contribution in [0, 0.1) is 16.6 Å². The largest absolute Gasteiger partial charge is 0.192 e. The smallest absolute Gasteiger partial charge is 0.0991 e. The van der Waals surface area contributed by atoms with Crippen LogP contribution in [0.5, 0.6) is 0 Å². The summed E-state index contributed by atoms with van der Waals surface area (Å²) in [6.45, 7) is 4.21. The number of benzene rings is 1. The van der Waals surface area contributed by atoms with Gasteiger partial charge in [0.1, 0.15) is 0 Å². The van der Waals surface area contributed by atoms with E-state index in [9.17, 15) is 0 Å². The Morgan fingerprint density at radius 1 is 1.31 bits per heavy atom. The van der Waals surface area contributed by atoms with Gasteiger partial charge in [-0.3, -0.25) is 0 Å². The minimum absolute atomic E-state index is 0.728. The summed E-state index contributed by atoms with van der Waals surface area (Å²) >= 11 is 1.83. The molecule has 0 spiro atoms. The lowest BCUT2D eigenvalue weighted by atomic mass is 10.2. The van der Waals surface area contributed by atoms with Gasteiger partial charge in [0, 0.05) is 11.0 Å². The van der Waals surface area contributed by atoms with E-state index >= 15 is 0 Å². The van der Waals surface area contributed by atoms with Crippen molar-refractivity contribution in [2.24, 2.45) is 0 Å². The van der Waals surface area contributed by atoms with Crippen molar-refractivity contribution < 1.29 is 0 Å². The number of hydrogen-bond acceptors (Lipinski definition) is 2. The van der Waals surface area contributed by atoms with Gasteiger partial charge in [0.15, 0.2) is 0 Å². The molecule has 0 N–H and O–H groups in total. The van der Waals surface area contributed by atoms with Gasteiger partial charge in [-0.1, -0.05) is 12.1 Å². The van der Waals surface area contributed by atoms with Crippen LogP contribution in [0.15, 0.2) is 24.3 Å². The fraction of sp³-hybridized carbons (Fsp3) is 0.273. The van der Waals surface area contributed by atoms with Crippen molar-refractivity contribution in [1.29, 1.82) is 5.26 Å². The molecule has 0 saturated heterocycles. The average Bonchev–Trinajstić information content (AvgIpc) is 2.15. The molecule has 0 fully saturated rings. The lowest BCUT2D eigenvalue weighted by Crippen LogP contribution is -1.83. The maximum Gasteiger partial charge on any atom is 0.0991 e. The van der Waals surface area contributed by atoms with Gasteiger partial charge >= 0.3 is 0 Å². The number of hydrogen-bond donors (Lipinski definition) is 0. The number of rotatable bonds is 3. The molecule has 0 amide bonds. The van der Waals surface area contributed by atoms with Crippen LogP contribution >= 0.6 is 11.8 Å². The van der Waals surface area contributed by atoms with E-state index in [0.29, 0.717) is 0 Å². The highest BCUT2D eigenvalue weighted by Gasteiger charge is 1.97. The summed E-state index contributed by atoms with van der Waals surface area (Å²) < 4.78 is 0. The van der Waals surface area contributed by atoms with Gasteiger partial charge < -0.3 is 0 Å². The third-order valence-electron chi connectivity index (χ3n) is 1.61. The normalized spacial score (nSPS) is 10.0. The zero-order chi connectivity index (χ0) is 9.68. The highest BCUT2D eigenvalue weighted by molar-refractivity contribution is 8.01. The van der Waals surface area contributed by atoms with E-state index in [0.717, 1.165) is 11.3 Å². The molecule has 0 atom stereocenters. The summed E-state index contributed by atoms with van der Waals surface area (Å²) in [5, 5.41) is 9.95. The molecule has 0 aliphatic carbocycles. The Kier molecular flexibility index (Phi) is 3.85. The second-order valence-electron chi connectivity index (χ2n) is 3.01. The Labute approximate surface area is 83.8 Å². The third kappa shape index (κ3) is 3.52. The van der Waals surface area contributed by atoms with Crippen LogP contribution in [0.4, 0.5) is 0 Å². The summed E-state index contributed by atoms with van der Waals surface area (Å²) in [5.74, 6) is 0.994. The fourth-order valence-electron chi connectivity index (χ4n) is 0.903. The minimum Gasteiger partial charge on any atom is -0.192 e. The first-order valence-electron chi connectivity index (χ1n) is 4.14. The van der Waals surface area contributed by atoms with Crippen molar-refractivity contribution in [1.82, 2.24) is 0 Å². The quantitative estimate of drug-likeness (QED) is 0.729. The molecule has 1 aromatic rings. The van der Waals surface area contributed by atoms with Gasteiger partial charge in [0.2, 0.25) is 0 Å². The van der Waals surface area contributed by atoms with Gasteiger partial charge in [-0.05, 0) is 31.5 Å². The van der Waals surface area contributed by atoms with Gasteiger partial charge in [-0.25, -0.2) is 0 Å². The Bertz CT molecular complexity index is 295. The molecular weight excluding hydrogens is 178 g/mol. The molecule has 0 bridgehead atoms. The molecule has 2 heteroatoms. The highest BCUT2D eigenvalue weighted by Crippen LogP contribution is 2.22. The molecule has 0 aliphatic rings. The van der Waals surface area contributed by atoms with Crippen LogP contribution in [0.2, 0.25) is 0 Å². The fourth-order valence-corrected chi connectivity index (χ4v) is 1.55. The molecule has 1 aromatic carbocycles. The second-order valence-corrected chi connectivity index (χ2v) is 4.40. The van der Waals surface area contributed by atoms with Crippen LogP contribution in [0.1, 0.15) is 25.0 Å². The molecule has 1 nitrogen and oxygen atoms in total. The van der Waals surface area contributed by atoms with Gasteiger partial charge in [-0.15, -0.1) is 11.8 Å². The molecule has 0 saturated carbocycles. The summed E-state index contributed by atoms with van der Waals surface area (Å²) in [6, 6.07) is 9.85. The number of nitrogens with zero attached hydrogens (tertiary/aromatic N) is 1. The predicted molar refractivity (Wildman–Crippen MR) is 57.0 cm³/mol. The van der Waals surface area contributed by atoms with Crippen LogP contribution in [-0.4, -0.2) is 0 Å². The van der Waals surface area contributed by atoms with Crippen LogP contribution in [0.3, 0.4) is 0 Å². The molecule has 67 valence electrons. The monoisotopic (exact) mass is 190 g/mol. The van der Waals surface area contributed by atoms with Gasteiger partial charge in [-0.2, -0.15) is 5.26 Å². The van der Waals surface area contributed by atoms with E-state index in [1.54, 1.807) is 0 Å². The van der Waals surface area contributed by atoms with Crippen LogP contribution in [-0.2, 0) is 5.75 Å². The first-order chi connectivity index (χ1) is 6.22. The third-order valence-corrected chi connectivity index (χ3v) is 2.67. The first-order valence-corrected chi connectivity index (χ1v) is 5.13. The zero-order valence-electron chi connectivity index (χ0n) is 7.87. The molecule has 1 radical (unpaired) electrons. The predicted octanol–water partition coefficient (Wildman–Crippen LogP) is 3.36. The maximum absolute atomic E-state index is 8.59. The highest BCUT2D eigenvalue weighted by atomic mass is 32.2. The first kappa shape index (κ1) is 10.1. The summed E-state index contributed by atoms with van der Waals surface area (Å²) in [5.41, 5.74) is 2.00. The van der Waals surface area contributed by atoms with Crippen molar-refractivity contribution in [3.8, 4) is 6.07 Å². The van der Waals surface area contributed by atoms with E-state index < -0.39 is 0 Å². The Hall–Kier alpha value is -0.940. The van der Waals surface area contributed by atoms with Gasteiger partial charge in [0.25, 0.3) is 0 Å². The van der Waals surface area contributed by atoms with E-state index in [2.05, 4.69) is 19.9 Å². The van der Waals surface area contributed by atoms with Gasteiger partial charge in [0.05, 0.1) is 11.6 Å². The Balaban J connectivity index is 2.55. The van der Waals surface area contributed by atoms with Crippen molar-refractivity contribution in [2.75, 3.05) is 0 Å². The van der Waals surface area contributed by atoms with Crippen LogP contribution < -0.4 is 0 Å². The zero-order valence-corrected chi connectivity index (χ0v) is 8.69. The van der Waals surface area contributed by atoms with Crippen LogP contribution in [0.25, 0.3) is 0 Å². The van der Waals surface area contributed by atoms with E-state index in [-0.39, 0.29) is 0 Å². The molecule has 0 aliphatic heterocycles. The average molecular weight is 190 g/mol. The topological polar surface area (TPSA) is 23.8 Å². The number of nitriles is 1. The van der Waals surface area contributed by atoms with E-state index in [1.165, 1.54) is 10.8 Å². The SMILES string of the molecule is C[C](C)SCc1ccc(C#N)cc1. The molecular formula is C11H12NS. The summed E-state index contributed by atoms with van der Waals surface area (Å²) in [7, 11) is 0. The lowest BCUT2D eigenvalue weighted by molar-refractivity contribution is 1.31. The van der Waals surface area contributed by atoms with Crippen molar-refractivity contribution in [2.45, 2.75) is 19.6 Å². The minimum atomic E-state index is 0.728. The Morgan fingerprint density at radius 3 is 2.38 bits per heavy atom. The second kappa shape index (κ2) is 4.94. The number of thioether (sulfide) groups is 1. The summed E-state index contributed by atoms with van der Waals surface area (Å²) in [6.07, 6.45) is 0. The van der Waals surface area contributed by atoms with Crippen molar-refractivity contribution in [3.05, 3.63) is 40.6 Å². The van der Waals surface area contributed by atoms with E-state index in [4.69, 9.17) is 5.26 Å². The Morgan fingerprint density at radius 2 is 1.92 bits per heavy atom. The lowest BCUT2D eigenvalue weighted by Gasteiger charge is -2.03. The maximum atomic E-state index is 8.59.